The number of nitrogens with zero attached hydrogens (tertiary/aromatic N) is 1. The number of carbonyl (C=O) groups is 1. The van der Waals surface area contributed by atoms with Crippen molar-refractivity contribution in [2.75, 3.05) is 6.61 Å². The standard InChI is InChI=1S/C20H17NO3S/c22-20(23-12-4-7-16-5-2-1-3-6-16)17-8-10-19(11-9-17)24-13-18-14-25-15-21-18/h1-11,14-15H,12-13H2. The number of hydrogen-bond acceptors (Lipinski definition) is 5. The van der Waals surface area contributed by atoms with Crippen LogP contribution in [-0.4, -0.2) is 17.6 Å². The molecule has 5 heteroatoms. The molecule has 1 aromatic heterocycles. The van der Waals surface area contributed by atoms with Gasteiger partial charge in [-0.15, -0.1) is 11.3 Å². The van der Waals surface area contributed by atoms with Crippen LogP contribution in [0.1, 0.15) is 21.6 Å². The van der Waals surface area contributed by atoms with Gasteiger partial charge < -0.3 is 9.47 Å². The van der Waals surface area contributed by atoms with Crippen molar-refractivity contribution in [3.63, 3.8) is 0 Å². The highest BCUT2D eigenvalue weighted by atomic mass is 32.1. The lowest BCUT2D eigenvalue weighted by Crippen LogP contribution is -2.05. The summed E-state index contributed by atoms with van der Waals surface area (Å²) in [5.74, 6) is 0.331. The van der Waals surface area contributed by atoms with Crippen LogP contribution >= 0.6 is 11.3 Å². The van der Waals surface area contributed by atoms with Gasteiger partial charge in [-0.05, 0) is 35.9 Å². The minimum Gasteiger partial charge on any atom is -0.487 e. The average molecular weight is 351 g/mol. The second-order valence-corrected chi connectivity index (χ2v) is 5.92. The summed E-state index contributed by atoms with van der Waals surface area (Å²) in [7, 11) is 0. The predicted molar refractivity (Wildman–Crippen MR) is 98.6 cm³/mol. The summed E-state index contributed by atoms with van der Waals surface area (Å²) < 4.78 is 10.8. The summed E-state index contributed by atoms with van der Waals surface area (Å²) in [5, 5.41) is 1.94. The van der Waals surface area contributed by atoms with E-state index in [1.807, 2.05) is 47.9 Å². The number of ether oxygens (including phenoxy) is 2. The number of esters is 1. The zero-order chi connectivity index (χ0) is 17.3. The van der Waals surface area contributed by atoms with Crippen LogP contribution in [0.2, 0.25) is 0 Å². The SMILES string of the molecule is O=C(OCC=Cc1ccccc1)c1ccc(OCc2cscn2)cc1. The summed E-state index contributed by atoms with van der Waals surface area (Å²) in [5.41, 5.74) is 4.22. The zero-order valence-electron chi connectivity index (χ0n) is 13.5. The number of rotatable bonds is 7. The van der Waals surface area contributed by atoms with Crippen molar-refractivity contribution in [2.24, 2.45) is 0 Å². The monoisotopic (exact) mass is 351 g/mol. The van der Waals surface area contributed by atoms with E-state index in [-0.39, 0.29) is 12.6 Å². The van der Waals surface area contributed by atoms with E-state index in [1.165, 1.54) is 11.3 Å². The second-order valence-electron chi connectivity index (χ2n) is 5.20. The van der Waals surface area contributed by atoms with E-state index in [0.717, 1.165) is 11.3 Å². The first-order chi connectivity index (χ1) is 12.3. The van der Waals surface area contributed by atoms with E-state index in [1.54, 1.807) is 29.8 Å². The third kappa shape index (κ3) is 5.29. The van der Waals surface area contributed by atoms with Gasteiger partial charge >= 0.3 is 5.97 Å². The lowest BCUT2D eigenvalue weighted by molar-refractivity contribution is 0.0550. The first kappa shape index (κ1) is 16.9. The van der Waals surface area contributed by atoms with E-state index in [4.69, 9.17) is 9.47 Å². The molecule has 0 fully saturated rings. The van der Waals surface area contributed by atoms with Crippen LogP contribution in [-0.2, 0) is 11.3 Å². The van der Waals surface area contributed by atoms with Crippen LogP contribution in [0.5, 0.6) is 5.75 Å². The summed E-state index contributed by atoms with van der Waals surface area (Å²) in [6.07, 6.45) is 3.74. The molecule has 25 heavy (non-hydrogen) atoms. The molecule has 0 spiro atoms. The normalized spacial score (nSPS) is 10.7. The molecule has 0 atom stereocenters. The predicted octanol–water partition coefficient (Wildman–Crippen LogP) is 4.59. The molecule has 4 nitrogen and oxygen atoms in total. The van der Waals surface area contributed by atoms with E-state index in [0.29, 0.717) is 17.9 Å². The van der Waals surface area contributed by atoms with Gasteiger partial charge in [0.25, 0.3) is 0 Å². The van der Waals surface area contributed by atoms with Gasteiger partial charge in [0, 0.05) is 5.38 Å². The lowest BCUT2D eigenvalue weighted by atomic mass is 10.2. The zero-order valence-corrected chi connectivity index (χ0v) is 14.3. The summed E-state index contributed by atoms with van der Waals surface area (Å²) in [4.78, 5) is 16.2. The highest BCUT2D eigenvalue weighted by molar-refractivity contribution is 7.07. The Balaban J connectivity index is 1.46. The average Bonchev–Trinajstić information content (AvgIpc) is 3.18. The second kappa shape index (κ2) is 8.80. The van der Waals surface area contributed by atoms with E-state index in [9.17, 15) is 4.79 Å². The number of hydrogen-bond donors (Lipinski definition) is 0. The van der Waals surface area contributed by atoms with Crippen LogP contribution < -0.4 is 4.74 Å². The molecule has 0 bridgehead atoms. The first-order valence-electron chi connectivity index (χ1n) is 7.80. The topological polar surface area (TPSA) is 48.4 Å². The first-order valence-corrected chi connectivity index (χ1v) is 8.74. The molecule has 0 N–H and O–H groups in total. The third-order valence-corrected chi connectivity index (χ3v) is 4.02. The smallest absolute Gasteiger partial charge is 0.338 e. The maximum Gasteiger partial charge on any atom is 0.338 e. The largest absolute Gasteiger partial charge is 0.487 e. The maximum atomic E-state index is 12.0. The summed E-state index contributed by atoms with van der Waals surface area (Å²) in [6, 6.07) is 16.8. The molecule has 0 amide bonds. The molecule has 0 unspecified atom stereocenters. The minimum absolute atomic E-state index is 0.232. The molecule has 0 saturated heterocycles. The van der Waals surface area contributed by atoms with E-state index in [2.05, 4.69) is 4.98 Å². The Bertz CT molecular complexity index is 812. The van der Waals surface area contributed by atoms with E-state index < -0.39 is 0 Å². The van der Waals surface area contributed by atoms with Crippen molar-refractivity contribution in [2.45, 2.75) is 6.61 Å². The third-order valence-electron chi connectivity index (χ3n) is 3.38. The molecule has 0 aliphatic carbocycles. The number of aromatic nitrogens is 1. The van der Waals surface area contributed by atoms with E-state index >= 15 is 0 Å². The lowest BCUT2D eigenvalue weighted by Gasteiger charge is -2.06. The van der Waals surface area contributed by atoms with Gasteiger partial charge in [-0.1, -0.05) is 36.4 Å². The summed E-state index contributed by atoms with van der Waals surface area (Å²) in [6.45, 7) is 0.646. The Morgan fingerprint density at radius 3 is 2.60 bits per heavy atom. The van der Waals surface area contributed by atoms with Crippen LogP contribution in [0, 0.1) is 0 Å². The molecular formula is C20H17NO3S. The molecule has 0 aliphatic heterocycles. The Morgan fingerprint density at radius 2 is 1.88 bits per heavy atom. The van der Waals surface area contributed by atoms with Crippen molar-refractivity contribution < 1.29 is 14.3 Å². The van der Waals surface area contributed by atoms with Gasteiger partial charge in [0.1, 0.15) is 19.0 Å². The van der Waals surface area contributed by atoms with Crippen LogP contribution in [0.3, 0.4) is 0 Å². The molecular weight excluding hydrogens is 334 g/mol. The highest BCUT2D eigenvalue weighted by Crippen LogP contribution is 2.15. The van der Waals surface area contributed by atoms with Gasteiger partial charge in [-0.25, -0.2) is 9.78 Å². The van der Waals surface area contributed by atoms with Crippen LogP contribution in [0.4, 0.5) is 0 Å². The fraction of sp³-hybridized carbons (Fsp3) is 0.100. The molecule has 0 aliphatic rings. The van der Waals surface area contributed by atoms with Gasteiger partial charge in [0.15, 0.2) is 0 Å². The molecule has 2 aromatic carbocycles. The quantitative estimate of drug-likeness (QED) is 0.584. The summed E-state index contributed by atoms with van der Waals surface area (Å²) >= 11 is 1.53. The fourth-order valence-electron chi connectivity index (χ4n) is 2.11. The Morgan fingerprint density at radius 1 is 1.08 bits per heavy atom. The number of benzene rings is 2. The molecule has 0 saturated carbocycles. The van der Waals surface area contributed by atoms with Gasteiger partial charge in [0.05, 0.1) is 16.8 Å². The Labute approximate surface area is 150 Å². The highest BCUT2D eigenvalue weighted by Gasteiger charge is 2.06. The van der Waals surface area contributed by atoms with Gasteiger partial charge in [0.2, 0.25) is 0 Å². The molecule has 3 rings (SSSR count). The number of thiazole rings is 1. The Hall–Kier alpha value is -2.92. The molecule has 3 aromatic rings. The van der Waals surface area contributed by atoms with Crippen molar-refractivity contribution >= 4 is 23.4 Å². The molecule has 126 valence electrons. The molecule has 1 heterocycles. The van der Waals surface area contributed by atoms with Crippen molar-refractivity contribution in [3.8, 4) is 5.75 Å². The van der Waals surface area contributed by atoms with Crippen LogP contribution in [0.15, 0.2) is 71.6 Å². The van der Waals surface area contributed by atoms with Gasteiger partial charge in [-0.2, -0.15) is 0 Å². The minimum atomic E-state index is -0.358. The van der Waals surface area contributed by atoms with Crippen LogP contribution in [0.25, 0.3) is 6.08 Å². The number of carbonyl (C=O) groups excluding carboxylic acids is 1. The van der Waals surface area contributed by atoms with Crippen molar-refractivity contribution in [3.05, 3.63) is 88.4 Å². The maximum absolute atomic E-state index is 12.0. The van der Waals surface area contributed by atoms with Crippen molar-refractivity contribution in [1.82, 2.24) is 4.98 Å². The fourth-order valence-corrected chi connectivity index (χ4v) is 2.65. The van der Waals surface area contributed by atoms with Crippen molar-refractivity contribution in [1.29, 1.82) is 0 Å². The Kier molecular flexibility index (Phi) is 5.96. The van der Waals surface area contributed by atoms with Gasteiger partial charge in [-0.3, -0.25) is 0 Å². The molecule has 0 radical (unpaired) electrons.